The first-order valence-corrected chi connectivity index (χ1v) is 8.00. The first kappa shape index (κ1) is 16.2. The van der Waals surface area contributed by atoms with Gasteiger partial charge in [0.1, 0.15) is 5.82 Å². The van der Waals surface area contributed by atoms with Crippen LogP contribution in [0.2, 0.25) is 0 Å². The van der Waals surface area contributed by atoms with E-state index in [0.29, 0.717) is 18.7 Å². The van der Waals surface area contributed by atoms with Gasteiger partial charge in [-0.2, -0.15) is 0 Å². The molecule has 1 unspecified atom stereocenters. The Hall–Kier alpha value is -2.69. The Labute approximate surface area is 140 Å². The van der Waals surface area contributed by atoms with Gasteiger partial charge in [0.15, 0.2) is 0 Å². The van der Waals surface area contributed by atoms with E-state index in [0.717, 1.165) is 12.0 Å². The number of nitrogens with zero attached hydrogens (tertiary/aromatic N) is 1. The van der Waals surface area contributed by atoms with E-state index in [4.69, 9.17) is 0 Å². The zero-order valence-corrected chi connectivity index (χ0v) is 13.2. The molecule has 0 spiro atoms. The van der Waals surface area contributed by atoms with Crippen LogP contribution in [-0.4, -0.2) is 36.3 Å². The summed E-state index contributed by atoms with van der Waals surface area (Å²) in [6, 6.07) is 15.3. The topological polar surface area (TPSA) is 49.4 Å². The lowest BCUT2D eigenvalue weighted by Crippen LogP contribution is -2.39. The number of carbonyl (C=O) groups is 2. The van der Waals surface area contributed by atoms with Crippen molar-refractivity contribution in [2.75, 3.05) is 19.6 Å². The first-order valence-electron chi connectivity index (χ1n) is 8.00. The van der Waals surface area contributed by atoms with Gasteiger partial charge >= 0.3 is 0 Å². The lowest BCUT2D eigenvalue weighted by atomic mass is 9.98. The summed E-state index contributed by atoms with van der Waals surface area (Å²) in [5.74, 6) is -0.482. The Morgan fingerprint density at radius 1 is 1.12 bits per heavy atom. The highest BCUT2D eigenvalue weighted by Gasteiger charge is 2.27. The van der Waals surface area contributed by atoms with Crippen molar-refractivity contribution in [3.8, 4) is 0 Å². The molecule has 0 radical (unpaired) electrons. The number of amides is 2. The Morgan fingerprint density at radius 2 is 1.92 bits per heavy atom. The summed E-state index contributed by atoms with van der Waals surface area (Å²) in [5, 5.41) is 2.65. The molecule has 1 fully saturated rings. The third kappa shape index (κ3) is 3.79. The molecule has 24 heavy (non-hydrogen) atoms. The molecule has 4 nitrogen and oxygen atoms in total. The van der Waals surface area contributed by atoms with Gasteiger partial charge in [-0.1, -0.05) is 30.3 Å². The maximum atomic E-state index is 13.3. The van der Waals surface area contributed by atoms with Crippen molar-refractivity contribution in [3.63, 3.8) is 0 Å². The summed E-state index contributed by atoms with van der Waals surface area (Å²) < 4.78 is 13.3. The van der Waals surface area contributed by atoms with Crippen molar-refractivity contribution in [2.45, 2.75) is 12.3 Å². The van der Waals surface area contributed by atoms with Crippen LogP contribution in [-0.2, 0) is 4.79 Å². The van der Waals surface area contributed by atoms with Crippen molar-refractivity contribution in [1.29, 1.82) is 0 Å². The van der Waals surface area contributed by atoms with Gasteiger partial charge in [0, 0.05) is 24.6 Å². The maximum absolute atomic E-state index is 13.3. The fourth-order valence-corrected chi connectivity index (χ4v) is 2.98. The van der Waals surface area contributed by atoms with Crippen LogP contribution in [0.4, 0.5) is 4.39 Å². The third-order valence-corrected chi connectivity index (χ3v) is 4.30. The van der Waals surface area contributed by atoms with E-state index in [-0.39, 0.29) is 30.1 Å². The largest absolute Gasteiger partial charge is 0.343 e. The summed E-state index contributed by atoms with van der Waals surface area (Å²) in [6.07, 6.45) is 0.807. The second-order valence-corrected chi connectivity index (χ2v) is 5.93. The normalized spacial score (nSPS) is 16.9. The Bertz CT molecular complexity index is 733. The lowest BCUT2D eigenvalue weighted by Gasteiger charge is -2.17. The fourth-order valence-electron chi connectivity index (χ4n) is 2.98. The molecule has 2 aromatic carbocycles. The SMILES string of the molecule is O=C(NCC(=O)N1CCC(c2cccc(F)c2)C1)c1ccccc1. The van der Waals surface area contributed by atoms with Crippen LogP contribution in [0.3, 0.4) is 0 Å². The molecule has 2 aromatic rings. The van der Waals surface area contributed by atoms with Crippen LogP contribution in [0.5, 0.6) is 0 Å². The number of likely N-dealkylation sites (tertiary alicyclic amines) is 1. The predicted octanol–water partition coefficient (Wildman–Crippen LogP) is 2.57. The van der Waals surface area contributed by atoms with Gasteiger partial charge in [0.05, 0.1) is 6.54 Å². The molecule has 2 amide bonds. The van der Waals surface area contributed by atoms with Gasteiger partial charge in [-0.25, -0.2) is 4.39 Å². The average molecular weight is 326 g/mol. The standard InChI is InChI=1S/C19H19FN2O2/c20-17-8-4-7-15(11-17)16-9-10-22(13-16)18(23)12-21-19(24)14-5-2-1-3-6-14/h1-8,11,16H,9-10,12-13H2,(H,21,24). The number of nitrogens with one attached hydrogen (secondary N) is 1. The number of hydrogen-bond donors (Lipinski definition) is 1. The quantitative estimate of drug-likeness (QED) is 0.939. The molecule has 1 saturated heterocycles. The van der Waals surface area contributed by atoms with Crippen molar-refractivity contribution in [1.82, 2.24) is 10.2 Å². The Morgan fingerprint density at radius 3 is 2.67 bits per heavy atom. The molecule has 1 atom stereocenters. The Kier molecular flexibility index (Phi) is 4.89. The predicted molar refractivity (Wildman–Crippen MR) is 89.1 cm³/mol. The molecule has 124 valence electrons. The van der Waals surface area contributed by atoms with E-state index in [1.54, 1.807) is 35.2 Å². The first-order chi connectivity index (χ1) is 11.6. The van der Waals surface area contributed by atoms with Crippen LogP contribution in [0, 0.1) is 5.82 Å². The number of rotatable bonds is 4. The van der Waals surface area contributed by atoms with Crippen LogP contribution >= 0.6 is 0 Å². The molecule has 1 N–H and O–H groups in total. The van der Waals surface area contributed by atoms with E-state index in [9.17, 15) is 14.0 Å². The van der Waals surface area contributed by atoms with Crippen LogP contribution < -0.4 is 5.32 Å². The average Bonchev–Trinajstić information content (AvgIpc) is 3.10. The van der Waals surface area contributed by atoms with E-state index in [2.05, 4.69) is 5.32 Å². The molecule has 0 aliphatic carbocycles. The van der Waals surface area contributed by atoms with Gasteiger partial charge in [-0.15, -0.1) is 0 Å². The minimum absolute atomic E-state index is 0.0242. The molecule has 0 saturated carbocycles. The van der Waals surface area contributed by atoms with Crippen LogP contribution in [0.15, 0.2) is 54.6 Å². The van der Waals surface area contributed by atoms with Gasteiger partial charge < -0.3 is 10.2 Å². The number of benzene rings is 2. The van der Waals surface area contributed by atoms with Crippen molar-refractivity contribution in [2.24, 2.45) is 0 Å². The summed E-state index contributed by atoms with van der Waals surface area (Å²) >= 11 is 0. The highest BCUT2D eigenvalue weighted by atomic mass is 19.1. The molecule has 3 rings (SSSR count). The molecule has 1 aliphatic heterocycles. The van der Waals surface area contributed by atoms with Gasteiger partial charge in [0.2, 0.25) is 5.91 Å². The van der Waals surface area contributed by atoms with E-state index >= 15 is 0 Å². The second kappa shape index (κ2) is 7.25. The highest BCUT2D eigenvalue weighted by Crippen LogP contribution is 2.27. The number of hydrogen-bond acceptors (Lipinski definition) is 2. The molecular weight excluding hydrogens is 307 g/mol. The van der Waals surface area contributed by atoms with Crippen molar-refractivity contribution in [3.05, 3.63) is 71.5 Å². The maximum Gasteiger partial charge on any atom is 0.251 e. The molecule has 5 heteroatoms. The Balaban J connectivity index is 1.52. The minimum Gasteiger partial charge on any atom is -0.343 e. The van der Waals surface area contributed by atoms with Crippen molar-refractivity contribution < 1.29 is 14.0 Å². The molecular formula is C19H19FN2O2. The van der Waals surface area contributed by atoms with Crippen molar-refractivity contribution >= 4 is 11.8 Å². The number of carbonyl (C=O) groups excluding carboxylic acids is 2. The zero-order valence-electron chi connectivity index (χ0n) is 13.2. The van der Waals surface area contributed by atoms with E-state index < -0.39 is 0 Å². The monoisotopic (exact) mass is 326 g/mol. The van der Waals surface area contributed by atoms with E-state index in [1.165, 1.54) is 12.1 Å². The lowest BCUT2D eigenvalue weighted by molar-refractivity contribution is -0.129. The molecule has 0 bridgehead atoms. The van der Waals surface area contributed by atoms with Gasteiger partial charge in [-0.3, -0.25) is 9.59 Å². The molecule has 1 heterocycles. The second-order valence-electron chi connectivity index (χ2n) is 5.93. The molecule has 0 aromatic heterocycles. The summed E-state index contributed by atoms with van der Waals surface area (Å²) in [6.45, 7) is 1.16. The smallest absolute Gasteiger partial charge is 0.251 e. The van der Waals surface area contributed by atoms with Crippen LogP contribution in [0.1, 0.15) is 28.3 Å². The fraction of sp³-hybridized carbons (Fsp3) is 0.263. The van der Waals surface area contributed by atoms with Gasteiger partial charge in [-0.05, 0) is 36.2 Å². The highest BCUT2D eigenvalue weighted by molar-refractivity contribution is 5.96. The third-order valence-electron chi connectivity index (χ3n) is 4.30. The summed E-state index contributed by atoms with van der Waals surface area (Å²) in [4.78, 5) is 25.9. The van der Waals surface area contributed by atoms with E-state index in [1.807, 2.05) is 12.1 Å². The molecule has 1 aliphatic rings. The summed E-state index contributed by atoms with van der Waals surface area (Å²) in [7, 11) is 0. The van der Waals surface area contributed by atoms with Gasteiger partial charge in [0.25, 0.3) is 5.91 Å². The minimum atomic E-state index is -0.259. The zero-order chi connectivity index (χ0) is 16.9. The number of halogens is 1. The van der Waals surface area contributed by atoms with Crippen LogP contribution in [0.25, 0.3) is 0 Å². The summed E-state index contributed by atoms with van der Waals surface area (Å²) in [5.41, 5.74) is 1.45.